The smallest absolute Gasteiger partial charge is 0.201 e. The van der Waals surface area contributed by atoms with Gasteiger partial charge < -0.3 is 14.4 Å². The fourth-order valence-corrected chi connectivity index (χ4v) is 2.36. The Kier molecular flexibility index (Phi) is 7.03. The zero-order valence-corrected chi connectivity index (χ0v) is 13.7. The lowest BCUT2D eigenvalue weighted by Crippen LogP contribution is -2.25. The standard InChI is InChI=1S/C17H29NO2/c1-7-8-16(18(4)5)14-9-11-15(12-10-14)20-17(19-6)13(2)3/h9-13,16-17H,7-8H2,1-6H3. The van der Waals surface area contributed by atoms with E-state index < -0.39 is 0 Å². The second-order valence-electron chi connectivity index (χ2n) is 5.80. The minimum absolute atomic E-state index is 0.193. The van der Waals surface area contributed by atoms with Crippen LogP contribution in [0, 0.1) is 5.92 Å². The third-order valence-corrected chi connectivity index (χ3v) is 3.48. The monoisotopic (exact) mass is 279 g/mol. The minimum Gasteiger partial charge on any atom is -0.465 e. The van der Waals surface area contributed by atoms with Crippen LogP contribution >= 0.6 is 0 Å². The summed E-state index contributed by atoms with van der Waals surface area (Å²) in [7, 11) is 5.94. The fraction of sp³-hybridized carbons (Fsp3) is 0.647. The van der Waals surface area contributed by atoms with Crippen molar-refractivity contribution >= 4 is 0 Å². The average molecular weight is 279 g/mol. The zero-order chi connectivity index (χ0) is 15.1. The highest BCUT2D eigenvalue weighted by Gasteiger charge is 2.15. The van der Waals surface area contributed by atoms with Crippen molar-refractivity contribution in [1.82, 2.24) is 4.90 Å². The summed E-state index contributed by atoms with van der Waals surface area (Å²) >= 11 is 0. The first-order valence-corrected chi connectivity index (χ1v) is 7.45. The van der Waals surface area contributed by atoms with Crippen molar-refractivity contribution in [2.45, 2.75) is 45.9 Å². The molecule has 3 nitrogen and oxygen atoms in total. The third kappa shape index (κ3) is 4.80. The van der Waals surface area contributed by atoms with Crippen molar-refractivity contribution in [2.24, 2.45) is 5.92 Å². The molecule has 2 unspecified atom stereocenters. The summed E-state index contributed by atoms with van der Waals surface area (Å²) in [5.41, 5.74) is 1.34. The second kappa shape index (κ2) is 8.28. The molecule has 2 atom stereocenters. The highest BCUT2D eigenvalue weighted by atomic mass is 16.7. The highest BCUT2D eigenvalue weighted by molar-refractivity contribution is 5.29. The first-order valence-electron chi connectivity index (χ1n) is 7.45. The Morgan fingerprint density at radius 2 is 1.70 bits per heavy atom. The number of methoxy groups -OCH3 is 1. The molecule has 0 saturated carbocycles. The minimum atomic E-state index is -0.193. The van der Waals surface area contributed by atoms with E-state index in [-0.39, 0.29) is 6.29 Å². The van der Waals surface area contributed by atoms with E-state index in [1.54, 1.807) is 7.11 Å². The van der Waals surface area contributed by atoms with Gasteiger partial charge in [0.05, 0.1) is 0 Å². The summed E-state index contributed by atoms with van der Waals surface area (Å²) in [5, 5.41) is 0. The van der Waals surface area contributed by atoms with Crippen LogP contribution in [-0.2, 0) is 4.74 Å². The Morgan fingerprint density at radius 3 is 2.10 bits per heavy atom. The molecule has 0 saturated heterocycles. The predicted molar refractivity (Wildman–Crippen MR) is 84.0 cm³/mol. The molecule has 0 amide bonds. The maximum absolute atomic E-state index is 5.84. The zero-order valence-electron chi connectivity index (χ0n) is 13.7. The highest BCUT2D eigenvalue weighted by Crippen LogP contribution is 2.26. The molecular formula is C17H29NO2. The number of rotatable bonds is 8. The molecular weight excluding hydrogens is 250 g/mol. The van der Waals surface area contributed by atoms with Gasteiger partial charge in [0.25, 0.3) is 0 Å². The molecule has 114 valence electrons. The lowest BCUT2D eigenvalue weighted by molar-refractivity contribution is -0.0833. The summed E-state index contributed by atoms with van der Waals surface area (Å²) in [6.07, 6.45) is 2.15. The summed E-state index contributed by atoms with van der Waals surface area (Å²) in [6, 6.07) is 8.86. The van der Waals surface area contributed by atoms with Gasteiger partial charge in [0.15, 0.2) is 0 Å². The molecule has 3 heteroatoms. The van der Waals surface area contributed by atoms with Gasteiger partial charge in [-0.2, -0.15) is 0 Å². The maximum atomic E-state index is 5.84. The first-order chi connectivity index (χ1) is 9.49. The van der Waals surface area contributed by atoms with Crippen LogP contribution in [0.15, 0.2) is 24.3 Å². The number of nitrogens with zero attached hydrogens (tertiary/aromatic N) is 1. The molecule has 1 aromatic carbocycles. The van der Waals surface area contributed by atoms with Gasteiger partial charge in [-0.25, -0.2) is 0 Å². The van der Waals surface area contributed by atoms with Crippen LogP contribution < -0.4 is 4.74 Å². The molecule has 20 heavy (non-hydrogen) atoms. The first kappa shape index (κ1) is 17.0. The van der Waals surface area contributed by atoms with Gasteiger partial charge in [-0.3, -0.25) is 0 Å². The SMILES string of the molecule is CCCC(c1ccc(OC(OC)C(C)C)cc1)N(C)C. The topological polar surface area (TPSA) is 21.7 Å². The van der Waals surface area contributed by atoms with Gasteiger partial charge >= 0.3 is 0 Å². The van der Waals surface area contributed by atoms with Gasteiger partial charge in [0.1, 0.15) is 5.75 Å². The summed E-state index contributed by atoms with van der Waals surface area (Å²) in [5.74, 6) is 1.19. The summed E-state index contributed by atoms with van der Waals surface area (Å²) in [6.45, 7) is 6.40. The number of hydrogen-bond acceptors (Lipinski definition) is 3. The van der Waals surface area contributed by atoms with E-state index >= 15 is 0 Å². The average Bonchev–Trinajstić information content (AvgIpc) is 2.42. The van der Waals surface area contributed by atoms with Crippen molar-refractivity contribution in [3.8, 4) is 5.75 Å². The molecule has 0 fully saturated rings. The lowest BCUT2D eigenvalue weighted by Gasteiger charge is -2.25. The molecule has 0 N–H and O–H groups in total. The van der Waals surface area contributed by atoms with Crippen molar-refractivity contribution in [3.05, 3.63) is 29.8 Å². The quantitative estimate of drug-likeness (QED) is 0.669. The fourth-order valence-electron chi connectivity index (χ4n) is 2.36. The predicted octanol–water partition coefficient (Wildman–Crippen LogP) is 4.10. The summed E-state index contributed by atoms with van der Waals surface area (Å²) in [4.78, 5) is 2.27. The molecule has 0 heterocycles. The van der Waals surface area contributed by atoms with Gasteiger partial charge in [0.2, 0.25) is 6.29 Å². The Balaban J connectivity index is 2.77. The van der Waals surface area contributed by atoms with Crippen molar-refractivity contribution in [2.75, 3.05) is 21.2 Å². The molecule has 0 aliphatic heterocycles. The van der Waals surface area contributed by atoms with Crippen molar-refractivity contribution < 1.29 is 9.47 Å². The van der Waals surface area contributed by atoms with E-state index in [0.29, 0.717) is 12.0 Å². The van der Waals surface area contributed by atoms with Crippen molar-refractivity contribution in [3.63, 3.8) is 0 Å². The van der Waals surface area contributed by atoms with Crippen LogP contribution in [0.5, 0.6) is 5.75 Å². The van der Waals surface area contributed by atoms with Crippen LogP contribution in [-0.4, -0.2) is 32.4 Å². The van der Waals surface area contributed by atoms with Crippen molar-refractivity contribution in [1.29, 1.82) is 0 Å². The number of hydrogen-bond donors (Lipinski definition) is 0. The van der Waals surface area contributed by atoms with E-state index in [4.69, 9.17) is 9.47 Å². The number of benzene rings is 1. The maximum Gasteiger partial charge on any atom is 0.201 e. The van der Waals surface area contributed by atoms with E-state index in [2.05, 4.69) is 51.9 Å². The molecule has 1 rings (SSSR count). The molecule has 1 aromatic rings. The van der Waals surface area contributed by atoms with E-state index in [9.17, 15) is 0 Å². The molecule has 0 radical (unpaired) electrons. The third-order valence-electron chi connectivity index (χ3n) is 3.48. The van der Waals surface area contributed by atoms with Gasteiger partial charge in [0, 0.05) is 19.1 Å². The van der Waals surface area contributed by atoms with Crippen LogP contribution in [0.3, 0.4) is 0 Å². The molecule has 0 aromatic heterocycles. The largest absolute Gasteiger partial charge is 0.465 e. The number of ether oxygens (including phenoxy) is 2. The lowest BCUT2D eigenvalue weighted by atomic mass is 10.0. The van der Waals surface area contributed by atoms with Gasteiger partial charge in [-0.05, 0) is 38.2 Å². The second-order valence-corrected chi connectivity index (χ2v) is 5.80. The van der Waals surface area contributed by atoms with Crippen LogP contribution in [0.4, 0.5) is 0 Å². The Labute approximate surface area is 123 Å². The molecule has 0 aliphatic rings. The summed E-state index contributed by atoms with van der Waals surface area (Å²) < 4.78 is 11.2. The van der Waals surface area contributed by atoms with Crippen LogP contribution in [0.2, 0.25) is 0 Å². The van der Waals surface area contributed by atoms with Gasteiger partial charge in [-0.15, -0.1) is 0 Å². The van der Waals surface area contributed by atoms with E-state index in [1.165, 1.54) is 18.4 Å². The molecule has 0 aliphatic carbocycles. The van der Waals surface area contributed by atoms with E-state index in [0.717, 1.165) is 5.75 Å². The van der Waals surface area contributed by atoms with Crippen LogP contribution in [0.1, 0.15) is 45.2 Å². The van der Waals surface area contributed by atoms with E-state index in [1.807, 2.05) is 12.1 Å². The molecule has 0 bridgehead atoms. The Morgan fingerprint density at radius 1 is 1.10 bits per heavy atom. The molecule has 0 spiro atoms. The Bertz CT molecular complexity index is 373. The van der Waals surface area contributed by atoms with Crippen LogP contribution in [0.25, 0.3) is 0 Å². The Hall–Kier alpha value is -1.06. The normalized spacial score (nSPS) is 14.6. The van der Waals surface area contributed by atoms with Gasteiger partial charge in [-0.1, -0.05) is 39.3 Å².